The van der Waals surface area contributed by atoms with Crippen LogP contribution >= 0.6 is 0 Å². The van der Waals surface area contributed by atoms with Crippen molar-refractivity contribution in [2.24, 2.45) is 5.73 Å². The number of nitrogens with two attached hydrogens (primary N) is 1. The van der Waals surface area contributed by atoms with Crippen LogP contribution in [0, 0.1) is 0 Å². The highest BCUT2D eigenvalue weighted by molar-refractivity contribution is 5.76. The van der Waals surface area contributed by atoms with Crippen LogP contribution in [0.3, 0.4) is 0 Å². The molecule has 4 nitrogen and oxygen atoms in total. The van der Waals surface area contributed by atoms with Crippen molar-refractivity contribution in [3.8, 4) is 0 Å². The molecule has 0 saturated carbocycles. The number of hydrogen-bond acceptors (Lipinski definition) is 3. The molecular formula is C21H35N3O. The molecule has 1 aromatic rings. The van der Waals surface area contributed by atoms with Crippen molar-refractivity contribution < 1.29 is 4.79 Å². The van der Waals surface area contributed by atoms with E-state index in [1.807, 2.05) is 11.9 Å². The van der Waals surface area contributed by atoms with Gasteiger partial charge < -0.3 is 10.6 Å². The maximum absolute atomic E-state index is 12.4. The van der Waals surface area contributed by atoms with Crippen molar-refractivity contribution in [1.82, 2.24) is 9.80 Å². The largest absolute Gasteiger partial charge is 0.343 e. The van der Waals surface area contributed by atoms with E-state index in [1.54, 1.807) is 0 Å². The second kappa shape index (κ2) is 10.6. The summed E-state index contributed by atoms with van der Waals surface area (Å²) in [4.78, 5) is 17.0. The van der Waals surface area contributed by atoms with Gasteiger partial charge >= 0.3 is 0 Å². The van der Waals surface area contributed by atoms with Gasteiger partial charge in [-0.1, -0.05) is 43.2 Å². The van der Waals surface area contributed by atoms with Crippen LogP contribution in [-0.2, 0) is 11.3 Å². The number of rotatable bonds is 9. The fourth-order valence-corrected chi connectivity index (χ4v) is 3.75. The van der Waals surface area contributed by atoms with Gasteiger partial charge in [0.15, 0.2) is 0 Å². The van der Waals surface area contributed by atoms with Crippen LogP contribution < -0.4 is 5.73 Å². The van der Waals surface area contributed by atoms with Crippen LogP contribution in [0.4, 0.5) is 0 Å². The SMILES string of the molecule is CC1CC(N(C)C(=O)CCCCCCN)CCN1Cc1ccccc1. The second-order valence-corrected chi connectivity index (χ2v) is 7.44. The van der Waals surface area contributed by atoms with E-state index in [1.165, 1.54) is 5.56 Å². The molecular weight excluding hydrogens is 310 g/mol. The summed E-state index contributed by atoms with van der Waals surface area (Å²) in [5.74, 6) is 0.307. The van der Waals surface area contributed by atoms with Crippen molar-refractivity contribution in [3.63, 3.8) is 0 Å². The van der Waals surface area contributed by atoms with E-state index in [0.717, 1.165) is 58.2 Å². The van der Waals surface area contributed by atoms with Crippen LogP contribution in [0.2, 0.25) is 0 Å². The summed E-state index contributed by atoms with van der Waals surface area (Å²) in [6, 6.07) is 11.6. The number of benzene rings is 1. The molecule has 1 aromatic carbocycles. The van der Waals surface area contributed by atoms with Crippen LogP contribution in [-0.4, -0.2) is 47.9 Å². The van der Waals surface area contributed by atoms with Crippen LogP contribution in [0.25, 0.3) is 0 Å². The number of likely N-dealkylation sites (tertiary alicyclic amines) is 1. The molecule has 0 bridgehead atoms. The highest BCUT2D eigenvalue weighted by Gasteiger charge is 2.29. The number of nitrogens with zero attached hydrogens (tertiary/aromatic N) is 2. The van der Waals surface area contributed by atoms with Gasteiger partial charge in [-0.05, 0) is 44.7 Å². The number of hydrogen-bond donors (Lipinski definition) is 1. The maximum atomic E-state index is 12.4. The predicted octanol–water partition coefficient (Wildman–Crippen LogP) is 3.41. The molecule has 1 saturated heterocycles. The quantitative estimate of drug-likeness (QED) is 0.698. The first-order valence-corrected chi connectivity index (χ1v) is 9.85. The standard InChI is InChI=1S/C21H35N3O/c1-18-16-20(23(2)21(25)12-8-3-4-9-14-22)13-15-24(18)17-19-10-6-5-7-11-19/h5-7,10-11,18,20H,3-4,8-9,12-17,22H2,1-2H3. The summed E-state index contributed by atoms with van der Waals surface area (Å²) < 4.78 is 0. The minimum absolute atomic E-state index is 0.307. The number of carbonyl (C=O) groups excluding carboxylic acids is 1. The van der Waals surface area contributed by atoms with Crippen LogP contribution in [0.15, 0.2) is 30.3 Å². The van der Waals surface area contributed by atoms with Crippen molar-refractivity contribution in [3.05, 3.63) is 35.9 Å². The molecule has 0 aliphatic carbocycles. The molecule has 1 aliphatic rings. The molecule has 2 rings (SSSR count). The summed E-state index contributed by atoms with van der Waals surface area (Å²) in [6.07, 6.45) is 7.15. The van der Waals surface area contributed by atoms with E-state index >= 15 is 0 Å². The third kappa shape index (κ3) is 6.44. The van der Waals surface area contributed by atoms with Gasteiger partial charge in [0.25, 0.3) is 0 Å². The average molecular weight is 346 g/mol. The Morgan fingerprint density at radius 3 is 2.60 bits per heavy atom. The highest BCUT2D eigenvalue weighted by atomic mass is 16.2. The molecule has 1 heterocycles. The van der Waals surface area contributed by atoms with Gasteiger partial charge in [0.05, 0.1) is 0 Å². The Labute approximate surface area is 153 Å². The van der Waals surface area contributed by atoms with E-state index in [4.69, 9.17) is 5.73 Å². The van der Waals surface area contributed by atoms with Gasteiger partial charge in [-0.2, -0.15) is 0 Å². The predicted molar refractivity (Wildman–Crippen MR) is 104 cm³/mol. The molecule has 0 spiro atoms. The molecule has 2 N–H and O–H groups in total. The lowest BCUT2D eigenvalue weighted by molar-refractivity contribution is -0.133. The van der Waals surface area contributed by atoms with Crippen LogP contribution in [0.1, 0.15) is 57.4 Å². The summed E-state index contributed by atoms with van der Waals surface area (Å²) >= 11 is 0. The number of amides is 1. The second-order valence-electron chi connectivity index (χ2n) is 7.44. The lowest BCUT2D eigenvalue weighted by Gasteiger charge is -2.41. The molecule has 1 fully saturated rings. The fourth-order valence-electron chi connectivity index (χ4n) is 3.75. The zero-order valence-electron chi connectivity index (χ0n) is 16.0. The first-order chi connectivity index (χ1) is 12.1. The first-order valence-electron chi connectivity index (χ1n) is 9.85. The Bertz CT molecular complexity index is 505. The molecule has 25 heavy (non-hydrogen) atoms. The summed E-state index contributed by atoms with van der Waals surface area (Å²) in [5.41, 5.74) is 6.88. The molecule has 140 valence electrons. The molecule has 4 heteroatoms. The van der Waals surface area contributed by atoms with E-state index in [2.05, 4.69) is 42.2 Å². The Morgan fingerprint density at radius 2 is 1.92 bits per heavy atom. The maximum Gasteiger partial charge on any atom is 0.222 e. The zero-order chi connectivity index (χ0) is 18.1. The monoisotopic (exact) mass is 345 g/mol. The summed E-state index contributed by atoms with van der Waals surface area (Å²) in [5, 5.41) is 0. The average Bonchev–Trinajstić information content (AvgIpc) is 2.63. The Morgan fingerprint density at radius 1 is 1.20 bits per heavy atom. The summed E-state index contributed by atoms with van der Waals surface area (Å²) in [7, 11) is 1.99. The van der Waals surface area contributed by atoms with Gasteiger partial charge in [0.1, 0.15) is 0 Å². The van der Waals surface area contributed by atoms with Crippen molar-refractivity contribution in [2.75, 3.05) is 20.1 Å². The van der Waals surface area contributed by atoms with Crippen LogP contribution in [0.5, 0.6) is 0 Å². The third-order valence-corrected chi connectivity index (χ3v) is 5.50. The smallest absolute Gasteiger partial charge is 0.222 e. The minimum atomic E-state index is 0.307. The van der Waals surface area contributed by atoms with Gasteiger partial charge in [-0.3, -0.25) is 9.69 Å². The van der Waals surface area contributed by atoms with Gasteiger partial charge in [0, 0.05) is 38.6 Å². The van der Waals surface area contributed by atoms with E-state index in [0.29, 0.717) is 24.4 Å². The third-order valence-electron chi connectivity index (χ3n) is 5.50. The van der Waals surface area contributed by atoms with E-state index in [9.17, 15) is 4.79 Å². The first kappa shape index (κ1) is 19.9. The van der Waals surface area contributed by atoms with Gasteiger partial charge in [-0.15, -0.1) is 0 Å². The van der Waals surface area contributed by atoms with E-state index in [-0.39, 0.29) is 0 Å². The Kier molecular flexibility index (Phi) is 8.42. The number of unbranched alkanes of at least 4 members (excludes halogenated alkanes) is 3. The number of carbonyl (C=O) groups is 1. The molecule has 1 amide bonds. The van der Waals surface area contributed by atoms with Crippen molar-refractivity contribution >= 4 is 5.91 Å². The molecule has 0 radical (unpaired) electrons. The Balaban J connectivity index is 1.74. The molecule has 0 aromatic heterocycles. The lowest BCUT2D eigenvalue weighted by Crippen LogP contribution is -2.49. The highest BCUT2D eigenvalue weighted by Crippen LogP contribution is 2.23. The van der Waals surface area contributed by atoms with E-state index < -0.39 is 0 Å². The summed E-state index contributed by atoms with van der Waals surface area (Å²) in [6.45, 7) is 5.12. The zero-order valence-corrected chi connectivity index (χ0v) is 16.0. The fraction of sp³-hybridized carbons (Fsp3) is 0.667. The Hall–Kier alpha value is -1.39. The normalized spacial score (nSPS) is 21.2. The minimum Gasteiger partial charge on any atom is -0.343 e. The molecule has 1 aliphatic heterocycles. The molecule has 2 atom stereocenters. The van der Waals surface area contributed by atoms with Crippen molar-refractivity contribution in [1.29, 1.82) is 0 Å². The number of piperidine rings is 1. The topological polar surface area (TPSA) is 49.6 Å². The van der Waals surface area contributed by atoms with Gasteiger partial charge in [-0.25, -0.2) is 0 Å². The van der Waals surface area contributed by atoms with Crippen molar-refractivity contribution in [2.45, 2.75) is 70.5 Å². The molecule has 2 unspecified atom stereocenters. The lowest BCUT2D eigenvalue weighted by atomic mass is 9.96. The van der Waals surface area contributed by atoms with Gasteiger partial charge in [0.2, 0.25) is 5.91 Å².